The van der Waals surface area contributed by atoms with Gasteiger partial charge in [-0.2, -0.15) is 0 Å². The Bertz CT molecular complexity index is 608. The van der Waals surface area contributed by atoms with Crippen LogP contribution < -0.4 is 0 Å². The van der Waals surface area contributed by atoms with Gasteiger partial charge in [-0.3, -0.25) is 10.1 Å². The lowest BCUT2D eigenvalue weighted by Crippen LogP contribution is -2.09. The van der Waals surface area contributed by atoms with Gasteiger partial charge in [-0.1, -0.05) is 11.6 Å². The number of nitrogens with zero attached hydrogens (tertiary/aromatic N) is 5. The fourth-order valence-electron chi connectivity index (χ4n) is 1.22. The molecule has 16 heavy (non-hydrogen) atoms. The Balaban J connectivity index is 2.86. The lowest BCUT2D eigenvalue weighted by atomic mass is 10.3. The van der Waals surface area contributed by atoms with Crippen molar-refractivity contribution in [2.75, 3.05) is 0 Å². The maximum absolute atomic E-state index is 10.6. The van der Waals surface area contributed by atoms with Crippen molar-refractivity contribution in [1.82, 2.24) is 15.1 Å². The van der Waals surface area contributed by atoms with Crippen LogP contribution in [0.1, 0.15) is 0 Å². The summed E-state index contributed by atoms with van der Waals surface area (Å²) in [4.78, 5) is 20.8. The Hall–Kier alpha value is -2.29. The molecule has 0 saturated heterocycles. The Morgan fingerprint density at radius 3 is 2.56 bits per heavy atom. The predicted octanol–water partition coefficient (Wildman–Crippen LogP) is 1.03. The van der Waals surface area contributed by atoms with E-state index in [1.54, 1.807) is 0 Å². The lowest BCUT2D eigenvalue weighted by Gasteiger charge is -1.94. The molecule has 1 heterocycles. The summed E-state index contributed by atoms with van der Waals surface area (Å²) in [5, 5.41) is 26.9. The molecule has 0 aliphatic heterocycles. The van der Waals surface area contributed by atoms with Crippen molar-refractivity contribution in [3.63, 3.8) is 0 Å². The number of hydrogen-bond donors (Lipinski definition) is 0. The highest BCUT2D eigenvalue weighted by Crippen LogP contribution is 2.27. The Labute approximate surface area is 91.5 Å². The van der Waals surface area contributed by atoms with Crippen LogP contribution in [0.15, 0.2) is 12.1 Å². The molecule has 0 bridgehead atoms. The first kappa shape index (κ1) is 10.2. The molecule has 10 heteroatoms. The van der Waals surface area contributed by atoms with E-state index in [9.17, 15) is 20.2 Å². The van der Waals surface area contributed by atoms with Crippen LogP contribution in [-0.2, 0) is 0 Å². The molecule has 0 aliphatic carbocycles. The summed E-state index contributed by atoms with van der Waals surface area (Å²) in [7, 11) is 0. The van der Waals surface area contributed by atoms with Gasteiger partial charge in [0, 0.05) is 11.1 Å². The van der Waals surface area contributed by atoms with E-state index in [-0.39, 0.29) is 16.1 Å². The van der Waals surface area contributed by atoms with Crippen molar-refractivity contribution in [1.29, 1.82) is 0 Å². The highest BCUT2D eigenvalue weighted by molar-refractivity contribution is 6.31. The summed E-state index contributed by atoms with van der Waals surface area (Å²) in [6.07, 6.45) is 0. The summed E-state index contributed by atoms with van der Waals surface area (Å²) >= 11 is 5.61. The molecule has 0 unspecified atom stereocenters. The molecular formula is C6H2ClN5O4. The fraction of sp³-hybridized carbons (Fsp3) is 0. The highest BCUT2D eigenvalue weighted by Gasteiger charge is 2.24. The number of nitro groups is 2. The van der Waals surface area contributed by atoms with Crippen molar-refractivity contribution < 1.29 is 9.96 Å². The minimum absolute atomic E-state index is 0.00426. The number of rotatable bonds is 2. The van der Waals surface area contributed by atoms with Crippen LogP contribution in [0.3, 0.4) is 0 Å². The van der Waals surface area contributed by atoms with Crippen LogP contribution in [-0.4, -0.2) is 25.1 Å². The molecule has 0 saturated carbocycles. The minimum Gasteiger partial charge on any atom is -0.339 e. The number of aromatic nitrogens is 3. The summed E-state index contributed by atoms with van der Waals surface area (Å²) in [5.74, 6) is 0. The normalized spacial score (nSPS) is 10.6. The van der Waals surface area contributed by atoms with Crippen molar-refractivity contribution in [3.05, 3.63) is 37.4 Å². The van der Waals surface area contributed by atoms with Gasteiger partial charge in [0.05, 0.1) is 14.7 Å². The molecule has 2 aromatic rings. The first-order valence-electron chi connectivity index (χ1n) is 3.84. The monoisotopic (exact) mass is 243 g/mol. The number of benzene rings is 1. The lowest BCUT2D eigenvalue weighted by molar-refractivity contribution is -0.549. The largest absolute Gasteiger partial charge is 0.339 e. The molecule has 82 valence electrons. The molecule has 2 rings (SSSR count). The SMILES string of the molecule is O=[N+]([O-])c1cc(Cl)cc2c1nnn2[N+](=O)[O-]. The van der Waals surface area contributed by atoms with E-state index in [1.807, 2.05) is 0 Å². The number of hydrogen-bond acceptors (Lipinski definition) is 6. The second kappa shape index (κ2) is 3.38. The summed E-state index contributed by atoms with van der Waals surface area (Å²) < 4.78 is 0. The highest BCUT2D eigenvalue weighted by atomic mass is 35.5. The number of fused-ring (bicyclic) bond motifs is 1. The van der Waals surface area contributed by atoms with Gasteiger partial charge in [0.15, 0.2) is 10.7 Å². The molecule has 0 spiro atoms. The van der Waals surface area contributed by atoms with Crippen LogP contribution in [0.25, 0.3) is 11.0 Å². The molecule has 0 N–H and O–H groups in total. The Kier molecular flexibility index (Phi) is 2.16. The van der Waals surface area contributed by atoms with E-state index in [0.29, 0.717) is 4.79 Å². The van der Waals surface area contributed by atoms with E-state index in [2.05, 4.69) is 10.3 Å². The van der Waals surface area contributed by atoms with Gasteiger partial charge in [0.1, 0.15) is 0 Å². The van der Waals surface area contributed by atoms with Crippen molar-refractivity contribution in [2.24, 2.45) is 0 Å². The number of non-ortho nitro benzene ring substituents is 1. The van der Waals surface area contributed by atoms with Crippen molar-refractivity contribution in [2.45, 2.75) is 0 Å². The van der Waals surface area contributed by atoms with Gasteiger partial charge in [0.2, 0.25) is 5.52 Å². The quantitative estimate of drug-likeness (QED) is 0.574. The Morgan fingerprint density at radius 1 is 1.31 bits per heavy atom. The average Bonchev–Trinajstić information content (AvgIpc) is 2.59. The van der Waals surface area contributed by atoms with Gasteiger partial charge >= 0.3 is 5.69 Å². The van der Waals surface area contributed by atoms with Gasteiger partial charge < -0.3 is 10.1 Å². The smallest absolute Gasteiger partial charge is 0.302 e. The van der Waals surface area contributed by atoms with Gasteiger partial charge in [-0.05, 0) is 11.2 Å². The van der Waals surface area contributed by atoms with Crippen LogP contribution >= 0.6 is 11.6 Å². The van der Waals surface area contributed by atoms with Crippen molar-refractivity contribution in [3.8, 4) is 0 Å². The second-order valence-corrected chi connectivity index (χ2v) is 3.20. The summed E-state index contributed by atoms with van der Waals surface area (Å²) in [6.45, 7) is 0. The maximum atomic E-state index is 10.6. The van der Waals surface area contributed by atoms with E-state index < -0.39 is 15.6 Å². The van der Waals surface area contributed by atoms with Crippen LogP contribution in [0, 0.1) is 20.2 Å². The topological polar surface area (TPSA) is 117 Å². The van der Waals surface area contributed by atoms with Crippen molar-refractivity contribution >= 4 is 28.3 Å². The zero-order chi connectivity index (χ0) is 11.9. The molecular weight excluding hydrogens is 242 g/mol. The average molecular weight is 244 g/mol. The molecule has 0 fully saturated rings. The molecule has 0 aliphatic rings. The van der Waals surface area contributed by atoms with E-state index in [1.165, 1.54) is 6.07 Å². The van der Waals surface area contributed by atoms with Gasteiger partial charge in [-0.15, -0.1) is 0 Å². The van der Waals surface area contributed by atoms with Crippen LogP contribution in [0.4, 0.5) is 5.69 Å². The third-order valence-electron chi connectivity index (χ3n) is 1.83. The zero-order valence-electron chi connectivity index (χ0n) is 7.40. The van der Waals surface area contributed by atoms with Gasteiger partial charge in [0.25, 0.3) is 0 Å². The standard InChI is InChI=1S/C6H2ClN5O4/c7-3-1-4-6(5(2-3)11(13)14)8-9-10(4)12(15)16/h1-2H. The van der Waals surface area contributed by atoms with Gasteiger partial charge in [-0.25, -0.2) is 0 Å². The molecule has 0 radical (unpaired) electrons. The molecule has 0 amide bonds. The predicted molar refractivity (Wildman–Crippen MR) is 51.6 cm³/mol. The first-order valence-corrected chi connectivity index (χ1v) is 4.22. The number of halogens is 1. The molecule has 1 aromatic carbocycles. The van der Waals surface area contributed by atoms with E-state index in [0.717, 1.165) is 6.07 Å². The third kappa shape index (κ3) is 1.42. The zero-order valence-corrected chi connectivity index (χ0v) is 8.16. The van der Waals surface area contributed by atoms with Crippen LogP contribution in [0.2, 0.25) is 5.02 Å². The summed E-state index contributed by atoms with van der Waals surface area (Å²) in [6, 6.07) is 2.25. The third-order valence-corrected chi connectivity index (χ3v) is 2.05. The maximum Gasteiger partial charge on any atom is 0.302 e. The second-order valence-electron chi connectivity index (χ2n) is 2.77. The molecule has 9 nitrogen and oxygen atoms in total. The van der Waals surface area contributed by atoms with E-state index >= 15 is 0 Å². The molecule has 0 atom stereocenters. The Morgan fingerprint density at radius 2 is 2.00 bits per heavy atom. The first-order chi connectivity index (χ1) is 7.50. The summed E-state index contributed by atoms with van der Waals surface area (Å²) in [5.41, 5.74) is -0.717. The van der Waals surface area contributed by atoms with E-state index in [4.69, 9.17) is 11.6 Å². The number of nitro benzene ring substituents is 1. The molecule has 1 aromatic heterocycles. The minimum atomic E-state index is -0.852. The van der Waals surface area contributed by atoms with Crippen LogP contribution in [0.5, 0.6) is 0 Å². The fourth-order valence-corrected chi connectivity index (χ4v) is 1.43.